The highest BCUT2D eigenvalue weighted by Crippen LogP contribution is 2.36. The predicted octanol–water partition coefficient (Wildman–Crippen LogP) is 3.97. The van der Waals surface area contributed by atoms with Crippen LogP contribution in [-0.4, -0.2) is 49.4 Å². The van der Waals surface area contributed by atoms with E-state index in [9.17, 15) is 19.1 Å². The number of hydrogen-bond donors (Lipinski definition) is 2. The number of hydrogen-bond acceptors (Lipinski definition) is 7. The molecule has 1 aromatic carbocycles. The lowest BCUT2D eigenvalue weighted by Crippen LogP contribution is -2.40. The molecule has 3 aromatic rings. The van der Waals surface area contributed by atoms with Crippen molar-refractivity contribution in [2.45, 2.75) is 51.4 Å². The van der Waals surface area contributed by atoms with Crippen molar-refractivity contribution in [3.05, 3.63) is 59.4 Å². The number of carbonyl (C=O) groups excluding carboxylic acids is 1. The highest BCUT2D eigenvalue weighted by atomic mass is 19.1. The molecule has 10 nitrogen and oxygen atoms in total. The summed E-state index contributed by atoms with van der Waals surface area (Å²) < 4.78 is 27.2. The summed E-state index contributed by atoms with van der Waals surface area (Å²) in [6.45, 7) is 2.30. The van der Waals surface area contributed by atoms with Crippen LogP contribution in [-0.2, 0) is 29.7 Å². The fourth-order valence-corrected chi connectivity index (χ4v) is 4.41. The first kappa shape index (κ1) is 26.1. The lowest BCUT2D eigenvalue weighted by atomic mass is 9.79. The molecule has 1 amide bonds. The molecule has 37 heavy (non-hydrogen) atoms. The zero-order valence-electron chi connectivity index (χ0n) is 20.8. The SMILES string of the molecule is Cc1nc(-c2nnn(C)c2CNC(=O)OCc2ccccc2)ccc1OCC1CCC[C@](F)(C(=O)O)C1. The van der Waals surface area contributed by atoms with Gasteiger partial charge in [-0.1, -0.05) is 35.5 Å². The van der Waals surface area contributed by atoms with Gasteiger partial charge < -0.3 is 19.9 Å². The van der Waals surface area contributed by atoms with E-state index < -0.39 is 17.7 Å². The summed E-state index contributed by atoms with van der Waals surface area (Å²) in [5.41, 5.74) is 1.01. The van der Waals surface area contributed by atoms with Crippen LogP contribution >= 0.6 is 0 Å². The Morgan fingerprint density at radius 3 is 2.76 bits per heavy atom. The van der Waals surface area contributed by atoms with E-state index in [0.29, 0.717) is 41.4 Å². The van der Waals surface area contributed by atoms with Gasteiger partial charge >= 0.3 is 12.1 Å². The topological polar surface area (TPSA) is 128 Å². The van der Waals surface area contributed by atoms with E-state index in [4.69, 9.17) is 9.47 Å². The molecule has 1 aliphatic rings. The quantitative estimate of drug-likeness (QED) is 0.442. The van der Waals surface area contributed by atoms with Crippen LogP contribution in [0.4, 0.5) is 9.18 Å². The molecular formula is C26H30FN5O5. The van der Waals surface area contributed by atoms with Crippen molar-refractivity contribution in [2.75, 3.05) is 6.61 Å². The number of aryl methyl sites for hydroxylation is 2. The summed E-state index contributed by atoms with van der Waals surface area (Å²) in [4.78, 5) is 28.0. The minimum Gasteiger partial charge on any atom is -0.491 e. The second kappa shape index (κ2) is 11.4. The number of aromatic nitrogens is 4. The van der Waals surface area contributed by atoms with Crippen molar-refractivity contribution in [3.8, 4) is 17.1 Å². The molecule has 0 radical (unpaired) electrons. The molecule has 1 fully saturated rings. The van der Waals surface area contributed by atoms with E-state index >= 15 is 0 Å². The highest BCUT2D eigenvalue weighted by Gasteiger charge is 2.43. The Bertz CT molecular complexity index is 1250. The number of aliphatic carboxylic acids is 1. The number of carboxylic acids is 1. The van der Waals surface area contributed by atoms with Crippen LogP contribution in [0.25, 0.3) is 11.4 Å². The zero-order valence-corrected chi connectivity index (χ0v) is 20.8. The number of carbonyl (C=O) groups is 2. The van der Waals surface area contributed by atoms with Crippen LogP contribution in [0.2, 0.25) is 0 Å². The van der Waals surface area contributed by atoms with Gasteiger partial charge in [0.1, 0.15) is 18.1 Å². The van der Waals surface area contributed by atoms with E-state index in [1.165, 1.54) is 0 Å². The maximum Gasteiger partial charge on any atom is 0.407 e. The molecule has 0 saturated heterocycles. The van der Waals surface area contributed by atoms with Crippen LogP contribution in [0.15, 0.2) is 42.5 Å². The second-order valence-corrected chi connectivity index (χ2v) is 9.25. The molecule has 0 aliphatic heterocycles. The van der Waals surface area contributed by atoms with Crippen LogP contribution in [0.5, 0.6) is 5.75 Å². The van der Waals surface area contributed by atoms with Gasteiger partial charge in [0.2, 0.25) is 5.67 Å². The summed E-state index contributed by atoms with van der Waals surface area (Å²) in [6.07, 6.45) is 0.640. The minimum absolute atomic E-state index is 0.0359. The smallest absolute Gasteiger partial charge is 0.407 e. The summed E-state index contributed by atoms with van der Waals surface area (Å²) in [5.74, 6) is -1.06. The minimum atomic E-state index is -2.19. The molecule has 196 valence electrons. The Morgan fingerprint density at radius 1 is 1.24 bits per heavy atom. The maximum absolute atomic E-state index is 14.5. The monoisotopic (exact) mass is 511 g/mol. The fraction of sp³-hybridized carbons (Fsp3) is 0.423. The van der Waals surface area contributed by atoms with E-state index in [-0.39, 0.29) is 38.5 Å². The molecule has 0 bridgehead atoms. The number of carboxylic acid groups (broad SMARTS) is 1. The number of pyridine rings is 1. The van der Waals surface area contributed by atoms with Crippen molar-refractivity contribution in [1.29, 1.82) is 0 Å². The van der Waals surface area contributed by atoms with Gasteiger partial charge in [0.05, 0.1) is 30.2 Å². The first-order chi connectivity index (χ1) is 17.7. The van der Waals surface area contributed by atoms with E-state index in [0.717, 1.165) is 5.56 Å². The number of halogens is 1. The summed E-state index contributed by atoms with van der Waals surface area (Å²) in [7, 11) is 1.72. The average Bonchev–Trinajstić information content (AvgIpc) is 3.26. The Kier molecular flexibility index (Phi) is 8.00. The summed E-state index contributed by atoms with van der Waals surface area (Å²) in [5, 5.41) is 20.2. The van der Waals surface area contributed by atoms with Gasteiger partial charge in [0, 0.05) is 7.05 Å². The molecule has 2 atom stereocenters. The molecule has 2 heterocycles. The summed E-state index contributed by atoms with van der Waals surface area (Å²) >= 11 is 0. The molecule has 11 heteroatoms. The first-order valence-electron chi connectivity index (χ1n) is 12.1. The molecular weight excluding hydrogens is 481 g/mol. The zero-order chi connectivity index (χ0) is 26.4. The van der Waals surface area contributed by atoms with Crippen LogP contribution < -0.4 is 10.1 Å². The third-order valence-electron chi connectivity index (χ3n) is 6.49. The molecule has 2 N–H and O–H groups in total. The standard InChI is InChI=1S/C26H30FN5O5/c1-17-22(36-16-19-9-6-12-26(27,13-19)24(33)34)11-10-20(29-17)23-21(32(2)31-30-23)14-28-25(35)37-15-18-7-4-3-5-8-18/h3-5,7-8,10-11,19H,6,9,12-16H2,1-2H3,(H,28,35)(H,33,34)/t19?,26-/m1/s1. The van der Waals surface area contributed by atoms with Crippen molar-refractivity contribution in [2.24, 2.45) is 13.0 Å². The number of nitrogens with one attached hydrogen (secondary N) is 1. The Labute approximate surface area is 213 Å². The van der Waals surface area contributed by atoms with Crippen LogP contribution in [0.1, 0.15) is 42.6 Å². The summed E-state index contributed by atoms with van der Waals surface area (Å²) in [6, 6.07) is 12.9. The van der Waals surface area contributed by atoms with E-state index in [2.05, 4.69) is 20.6 Å². The van der Waals surface area contributed by atoms with Crippen molar-refractivity contribution >= 4 is 12.1 Å². The van der Waals surface area contributed by atoms with Gasteiger partial charge in [0.25, 0.3) is 0 Å². The Balaban J connectivity index is 1.36. The van der Waals surface area contributed by atoms with E-state index in [1.54, 1.807) is 30.8 Å². The number of amides is 1. The van der Waals surface area contributed by atoms with E-state index in [1.807, 2.05) is 30.3 Å². The van der Waals surface area contributed by atoms with Gasteiger partial charge in [0.15, 0.2) is 0 Å². The van der Waals surface area contributed by atoms with Crippen LogP contribution in [0.3, 0.4) is 0 Å². The molecule has 4 rings (SSSR count). The van der Waals surface area contributed by atoms with Gasteiger partial charge in [-0.3, -0.25) is 0 Å². The molecule has 0 spiro atoms. The largest absolute Gasteiger partial charge is 0.491 e. The fourth-order valence-electron chi connectivity index (χ4n) is 4.41. The highest BCUT2D eigenvalue weighted by molar-refractivity contribution is 5.77. The lowest BCUT2D eigenvalue weighted by Gasteiger charge is -2.31. The molecule has 1 aliphatic carbocycles. The van der Waals surface area contributed by atoms with Gasteiger partial charge in [-0.25, -0.2) is 23.6 Å². The van der Waals surface area contributed by atoms with Crippen molar-refractivity contribution < 1.29 is 28.6 Å². The lowest BCUT2D eigenvalue weighted by molar-refractivity contribution is -0.154. The Morgan fingerprint density at radius 2 is 2.03 bits per heavy atom. The van der Waals surface area contributed by atoms with Crippen LogP contribution in [0, 0.1) is 12.8 Å². The normalized spacial score (nSPS) is 19.3. The van der Waals surface area contributed by atoms with Gasteiger partial charge in [-0.2, -0.15) is 0 Å². The number of alkyl carbamates (subject to hydrolysis) is 1. The number of nitrogens with zero attached hydrogens (tertiary/aromatic N) is 4. The van der Waals surface area contributed by atoms with Crippen molar-refractivity contribution in [3.63, 3.8) is 0 Å². The number of alkyl halides is 1. The second-order valence-electron chi connectivity index (χ2n) is 9.25. The molecule has 1 saturated carbocycles. The number of benzene rings is 1. The first-order valence-corrected chi connectivity index (χ1v) is 12.1. The predicted molar refractivity (Wildman–Crippen MR) is 131 cm³/mol. The third kappa shape index (κ3) is 6.41. The maximum atomic E-state index is 14.5. The third-order valence-corrected chi connectivity index (χ3v) is 6.49. The average molecular weight is 512 g/mol. The Hall–Kier alpha value is -4.02. The molecule has 2 aromatic heterocycles. The number of ether oxygens (including phenoxy) is 2. The van der Waals surface area contributed by atoms with Crippen molar-refractivity contribution in [1.82, 2.24) is 25.3 Å². The van der Waals surface area contributed by atoms with Gasteiger partial charge in [-0.05, 0) is 56.2 Å². The van der Waals surface area contributed by atoms with Gasteiger partial charge in [-0.15, -0.1) is 5.10 Å². The molecule has 1 unspecified atom stereocenters. The number of rotatable bonds is 9.